The average Bonchev–Trinajstić information content (AvgIpc) is 3.18. The molecule has 0 aliphatic heterocycles. The van der Waals surface area contributed by atoms with Crippen LogP contribution in [0.5, 0.6) is 0 Å². The quantitative estimate of drug-likeness (QED) is 0.891. The Morgan fingerprint density at radius 3 is 2.12 bits per heavy atom. The summed E-state index contributed by atoms with van der Waals surface area (Å²) in [5.74, 6) is 2.22. The highest BCUT2D eigenvalue weighted by Gasteiger charge is 2.42. The molecule has 140 valence electrons. The van der Waals surface area contributed by atoms with E-state index in [-0.39, 0.29) is 0 Å². The van der Waals surface area contributed by atoms with E-state index in [0.717, 1.165) is 29.7 Å². The lowest BCUT2D eigenvalue weighted by Gasteiger charge is -2.22. The highest BCUT2D eigenvalue weighted by molar-refractivity contribution is 5.73. The molecule has 2 aliphatic rings. The Balaban J connectivity index is 0.000000194. The van der Waals surface area contributed by atoms with E-state index in [1.165, 1.54) is 31.2 Å². The van der Waals surface area contributed by atoms with Crippen LogP contribution in [0.1, 0.15) is 70.4 Å². The van der Waals surface area contributed by atoms with Crippen LogP contribution in [0.4, 0.5) is 0 Å². The Labute approximate surface area is 153 Å². The highest BCUT2D eigenvalue weighted by atomic mass is 16.4. The predicted octanol–water partition coefficient (Wildman–Crippen LogP) is 2.79. The van der Waals surface area contributed by atoms with Gasteiger partial charge in [0.1, 0.15) is 0 Å². The first kappa shape index (κ1) is 20.0. The van der Waals surface area contributed by atoms with E-state index in [1.807, 2.05) is 24.3 Å². The van der Waals surface area contributed by atoms with Crippen LogP contribution in [-0.4, -0.2) is 12.0 Å². The van der Waals surface area contributed by atoms with Crippen molar-refractivity contribution < 1.29 is 15.6 Å². The molecule has 1 aromatic rings. The van der Waals surface area contributed by atoms with Crippen molar-refractivity contribution in [2.45, 2.75) is 71.8 Å². The van der Waals surface area contributed by atoms with E-state index in [4.69, 9.17) is 0 Å². The Hall–Kier alpha value is -1.35. The zero-order valence-electron chi connectivity index (χ0n) is 16.3. The first-order valence-corrected chi connectivity index (χ1v) is 9.90. The van der Waals surface area contributed by atoms with Crippen molar-refractivity contribution in [2.24, 2.45) is 23.7 Å². The minimum Gasteiger partial charge on any atom is -0.550 e. The summed E-state index contributed by atoms with van der Waals surface area (Å²) in [6.45, 7) is 8.26. The van der Waals surface area contributed by atoms with Crippen LogP contribution < -0.4 is 10.8 Å². The van der Waals surface area contributed by atoms with Crippen LogP contribution in [0, 0.1) is 23.7 Å². The van der Waals surface area contributed by atoms with Crippen LogP contribution in [0.15, 0.2) is 24.3 Å². The third-order valence-corrected chi connectivity index (χ3v) is 6.00. The summed E-state index contributed by atoms with van der Waals surface area (Å²) >= 11 is 0. The lowest BCUT2D eigenvalue weighted by molar-refractivity contribution is -0.430. The molecule has 2 aliphatic carbocycles. The predicted molar refractivity (Wildman–Crippen MR) is 99.7 cm³/mol. The molecule has 0 amide bonds. The van der Waals surface area contributed by atoms with E-state index in [0.29, 0.717) is 12.0 Å². The maximum absolute atomic E-state index is 10.7. The van der Waals surface area contributed by atoms with E-state index < -0.39 is 11.9 Å². The topological polar surface area (TPSA) is 67.8 Å². The maximum atomic E-state index is 10.7. The fourth-order valence-corrected chi connectivity index (χ4v) is 4.54. The number of benzene rings is 1. The number of hydrogen-bond donors (Lipinski definition) is 1. The number of quaternary nitrogens is 1. The van der Waals surface area contributed by atoms with Crippen LogP contribution in [0.2, 0.25) is 0 Å². The van der Waals surface area contributed by atoms with Crippen molar-refractivity contribution in [2.75, 3.05) is 0 Å². The number of rotatable bonds is 5. The molecule has 0 saturated heterocycles. The van der Waals surface area contributed by atoms with Crippen molar-refractivity contribution in [1.29, 1.82) is 0 Å². The number of carbonyl (C=O) groups excluding carboxylic acids is 1. The van der Waals surface area contributed by atoms with Crippen molar-refractivity contribution >= 4 is 5.97 Å². The van der Waals surface area contributed by atoms with Gasteiger partial charge in [-0.3, -0.25) is 0 Å². The van der Waals surface area contributed by atoms with Gasteiger partial charge in [0.25, 0.3) is 0 Å². The molecule has 2 fully saturated rings. The largest absolute Gasteiger partial charge is 0.550 e. The first-order chi connectivity index (χ1) is 11.8. The standard InChI is InChI=1S/C13H18O2.C9H17N/c1-9(2)8-11-4-6-12(7-5-11)10(3)13(14)15;1-6(10)9-5-7-2-3-8(9)4-7/h4-7,9-10H,8H2,1-3H3,(H,14,15);6-9H,2-5,10H2,1H3. The summed E-state index contributed by atoms with van der Waals surface area (Å²) in [6, 6.07) is 8.44. The Morgan fingerprint density at radius 1 is 1.12 bits per heavy atom. The smallest absolute Gasteiger partial charge is 0.0846 e. The molecule has 0 heterocycles. The van der Waals surface area contributed by atoms with Crippen molar-refractivity contribution in [3.63, 3.8) is 0 Å². The summed E-state index contributed by atoms with van der Waals surface area (Å²) < 4.78 is 0. The molecule has 5 atom stereocenters. The van der Waals surface area contributed by atoms with Gasteiger partial charge >= 0.3 is 0 Å². The van der Waals surface area contributed by atoms with Gasteiger partial charge < -0.3 is 15.6 Å². The van der Waals surface area contributed by atoms with Crippen LogP contribution in [0.3, 0.4) is 0 Å². The number of carboxylic acids is 1. The maximum Gasteiger partial charge on any atom is 0.0846 e. The summed E-state index contributed by atoms with van der Waals surface area (Å²) in [7, 11) is 0. The van der Waals surface area contributed by atoms with E-state index in [9.17, 15) is 9.90 Å². The summed E-state index contributed by atoms with van der Waals surface area (Å²) in [5.41, 5.74) is 6.20. The average molecular weight is 346 g/mol. The van der Waals surface area contributed by atoms with E-state index >= 15 is 0 Å². The zero-order valence-corrected chi connectivity index (χ0v) is 16.3. The second kappa shape index (κ2) is 8.84. The molecule has 2 bridgehead atoms. The van der Waals surface area contributed by atoms with Gasteiger partial charge in [0.2, 0.25) is 0 Å². The van der Waals surface area contributed by atoms with Crippen molar-refractivity contribution in [3.8, 4) is 0 Å². The summed E-state index contributed by atoms with van der Waals surface area (Å²) in [5, 5.41) is 10.7. The lowest BCUT2D eigenvalue weighted by Crippen LogP contribution is -2.63. The molecule has 1 aromatic carbocycles. The van der Waals surface area contributed by atoms with E-state index in [1.54, 1.807) is 6.92 Å². The Morgan fingerprint density at radius 2 is 1.76 bits per heavy atom. The van der Waals surface area contributed by atoms with Gasteiger partial charge in [0, 0.05) is 17.8 Å². The summed E-state index contributed by atoms with van der Waals surface area (Å²) in [4.78, 5) is 10.7. The molecule has 3 nitrogen and oxygen atoms in total. The normalized spacial score (nSPS) is 26.9. The first-order valence-electron chi connectivity index (χ1n) is 9.90. The molecular weight excluding hydrogens is 310 g/mol. The summed E-state index contributed by atoms with van der Waals surface area (Å²) in [6.07, 6.45) is 7.09. The van der Waals surface area contributed by atoms with Gasteiger partial charge in [-0.2, -0.15) is 0 Å². The van der Waals surface area contributed by atoms with E-state index in [2.05, 4.69) is 26.5 Å². The molecule has 3 rings (SSSR count). The van der Waals surface area contributed by atoms with Gasteiger partial charge in [-0.25, -0.2) is 0 Å². The Kier molecular flexibility index (Phi) is 7.06. The molecule has 3 heteroatoms. The van der Waals surface area contributed by atoms with Gasteiger partial charge in [0.15, 0.2) is 0 Å². The SMILES string of the molecule is CC(C)Cc1ccc(C(C)C(=O)[O-])cc1.CC([NH3+])C1CC2CCC1C2. The third kappa shape index (κ3) is 5.57. The number of aliphatic carboxylic acids is 1. The molecule has 5 unspecified atom stereocenters. The number of carbonyl (C=O) groups is 1. The second-order valence-electron chi connectivity index (χ2n) is 8.70. The lowest BCUT2D eigenvalue weighted by atomic mass is 9.84. The fourth-order valence-electron chi connectivity index (χ4n) is 4.54. The molecule has 0 radical (unpaired) electrons. The van der Waals surface area contributed by atoms with Gasteiger partial charge in [-0.15, -0.1) is 0 Å². The monoisotopic (exact) mass is 345 g/mol. The van der Waals surface area contributed by atoms with Crippen LogP contribution in [-0.2, 0) is 11.2 Å². The number of hydrogen-bond acceptors (Lipinski definition) is 2. The molecule has 2 saturated carbocycles. The zero-order chi connectivity index (χ0) is 18.6. The Bertz CT molecular complexity index is 550. The molecule has 0 aromatic heterocycles. The second-order valence-corrected chi connectivity index (χ2v) is 8.70. The number of fused-ring (bicyclic) bond motifs is 2. The highest BCUT2D eigenvalue weighted by Crippen LogP contribution is 2.48. The van der Waals surface area contributed by atoms with Gasteiger partial charge in [0.05, 0.1) is 6.04 Å². The molecular formula is C22H35NO2. The minimum absolute atomic E-state index is 0.530. The molecule has 0 spiro atoms. The molecule has 25 heavy (non-hydrogen) atoms. The van der Waals surface area contributed by atoms with Crippen molar-refractivity contribution in [3.05, 3.63) is 35.4 Å². The van der Waals surface area contributed by atoms with Crippen molar-refractivity contribution in [1.82, 2.24) is 0 Å². The van der Waals surface area contributed by atoms with Crippen LogP contribution >= 0.6 is 0 Å². The third-order valence-electron chi connectivity index (χ3n) is 6.00. The van der Waals surface area contributed by atoms with Gasteiger partial charge in [-0.05, 0) is 61.5 Å². The molecule has 3 N–H and O–H groups in total. The minimum atomic E-state index is -1.02. The van der Waals surface area contributed by atoms with Crippen LogP contribution in [0.25, 0.3) is 0 Å². The van der Waals surface area contributed by atoms with Gasteiger partial charge in [-0.1, -0.05) is 51.5 Å². The fraction of sp³-hybridized carbons (Fsp3) is 0.682. The number of carboxylic acid groups (broad SMARTS) is 1.